The van der Waals surface area contributed by atoms with Gasteiger partial charge in [-0.15, -0.1) is 0 Å². The van der Waals surface area contributed by atoms with E-state index in [1.165, 1.54) is 7.11 Å². The molecule has 1 fully saturated rings. The molecule has 2 rings (SSSR count). The van der Waals surface area contributed by atoms with Gasteiger partial charge in [-0.3, -0.25) is 4.79 Å². The fraction of sp³-hybridized carbons (Fsp3) is 0.467. The van der Waals surface area contributed by atoms with E-state index < -0.39 is 17.8 Å². The second-order valence-corrected chi connectivity index (χ2v) is 5.59. The number of carbonyl (C=O) groups excluding carboxylic acids is 2. The van der Waals surface area contributed by atoms with E-state index in [1.54, 1.807) is 18.2 Å². The molecular formula is C15H17ClNO4-. The summed E-state index contributed by atoms with van der Waals surface area (Å²) in [6.07, 6.45) is 2.68. The smallest absolute Gasteiger partial charge is 0.228 e. The summed E-state index contributed by atoms with van der Waals surface area (Å²) >= 11 is 5.91. The highest BCUT2D eigenvalue weighted by atomic mass is 35.5. The van der Waals surface area contributed by atoms with Crippen LogP contribution in [0.5, 0.6) is 5.75 Å². The minimum absolute atomic E-state index is 0.329. The van der Waals surface area contributed by atoms with Crippen LogP contribution in [0.2, 0.25) is 5.02 Å². The molecule has 1 amide bonds. The van der Waals surface area contributed by atoms with Crippen molar-refractivity contribution in [3.8, 4) is 5.75 Å². The van der Waals surface area contributed by atoms with Crippen LogP contribution in [0.1, 0.15) is 25.7 Å². The maximum absolute atomic E-state index is 12.4. The normalized spacial score (nSPS) is 21.6. The van der Waals surface area contributed by atoms with Crippen molar-refractivity contribution in [1.82, 2.24) is 0 Å². The Morgan fingerprint density at radius 3 is 2.57 bits per heavy atom. The van der Waals surface area contributed by atoms with E-state index >= 15 is 0 Å². The second kappa shape index (κ2) is 6.80. The number of methoxy groups -OCH3 is 1. The molecule has 1 N–H and O–H groups in total. The number of hydrogen-bond acceptors (Lipinski definition) is 4. The highest BCUT2D eigenvalue weighted by Crippen LogP contribution is 2.33. The molecule has 114 valence electrons. The van der Waals surface area contributed by atoms with Gasteiger partial charge < -0.3 is 20.0 Å². The first kappa shape index (κ1) is 15.6. The van der Waals surface area contributed by atoms with Gasteiger partial charge in [0.05, 0.1) is 12.8 Å². The minimum atomic E-state index is -1.16. The first-order valence-corrected chi connectivity index (χ1v) is 7.26. The van der Waals surface area contributed by atoms with Gasteiger partial charge >= 0.3 is 0 Å². The van der Waals surface area contributed by atoms with Crippen LogP contribution in [0.25, 0.3) is 0 Å². The molecule has 0 saturated heterocycles. The number of nitrogens with one attached hydrogen (secondary N) is 1. The Labute approximate surface area is 128 Å². The Hall–Kier alpha value is -1.75. The van der Waals surface area contributed by atoms with Gasteiger partial charge in [-0.05, 0) is 31.0 Å². The van der Waals surface area contributed by atoms with Gasteiger partial charge in [0.25, 0.3) is 0 Å². The number of aliphatic carboxylic acids is 1. The van der Waals surface area contributed by atoms with Crippen molar-refractivity contribution in [1.29, 1.82) is 0 Å². The molecule has 0 aliphatic heterocycles. The summed E-state index contributed by atoms with van der Waals surface area (Å²) in [6.45, 7) is 0. The van der Waals surface area contributed by atoms with Crippen LogP contribution >= 0.6 is 11.6 Å². The number of amides is 1. The maximum atomic E-state index is 12.4. The van der Waals surface area contributed by atoms with Gasteiger partial charge in [0.1, 0.15) is 5.75 Å². The molecule has 0 spiro atoms. The van der Waals surface area contributed by atoms with Crippen molar-refractivity contribution >= 4 is 29.2 Å². The van der Waals surface area contributed by atoms with E-state index in [4.69, 9.17) is 16.3 Å². The number of rotatable bonds is 4. The maximum Gasteiger partial charge on any atom is 0.228 e. The lowest BCUT2D eigenvalue weighted by atomic mass is 9.78. The summed E-state index contributed by atoms with van der Waals surface area (Å²) in [6, 6.07) is 4.88. The zero-order chi connectivity index (χ0) is 15.4. The van der Waals surface area contributed by atoms with Crippen molar-refractivity contribution in [3.63, 3.8) is 0 Å². The standard InChI is InChI=1S/C15H18ClNO4/c1-21-13-7-6-9(16)8-12(13)17-14(18)10-4-2-3-5-11(10)15(19)20/h6-8,10-11H,2-5H2,1H3,(H,17,18)(H,19,20)/p-1. The highest BCUT2D eigenvalue weighted by molar-refractivity contribution is 6.31. The number of hydrogen-bond donors (Lipinski definition) is 1. The van der Waals surface area contributed by atoms with Gasteiger partial charge in [0.15, 0.2) is 0 Å². The topological polar surface area (TPSA) is 78.5 Å². The number of ether oxygens (including phenoxy) is 1. The Morgan fingerprint density at radius 1 is 1.29 bits per heavy atom. The van der Waals surface area contributed by atoms with Gasteiger partial charge in [-0.1, -0.05) is 24.4 Å². The van der Waals surface area contributed by atoms with Crippen molar-refractivity contribution in [2.75, 3.05) is 12.4 Å². The zero-order valence-electron chi connectivity index (χ0n) is 11.7. The molecule has 1 aliphatic rings. The van der Waals surface area contributed by atoms with Crippen LogP contribution in [-0.4, -0.2) is 19.0 Å². The predicted molar refractivity (Wildman–Crippen MR) is 77.1 cm³/mol. The van der Waals surface area contributed by atoms with E-state index in [1.807, 2.05) is 0 Å². The van der Waals surface area contributed by atoms with Crippen molar-refractivity contribution < 1.29 is 19.4 Å². The Morgan fingerprint density at radius 2 is 1.95 bits per heavy atom. The third-order valence-electron chi connectivity index (χ3n) is 3.82. The quantitative estimate of drug-likeness (QED) is 0.920. The summed E-state index contributed by atoms with van der Waals surface area (Å²) in [5.41, 5.74) is 0.442. The van der Waals surface area contributed by atoms with E-state index in [0.29, 0.717) is 29.3 Å². The van der Waals surface area contributed by atoms with Crippen molar-refractivity contribution in [3.05, 3.63) is 23.2 Å². The first-order valence-electron chi connectivity index (χ1n) is 6.88. The van der Waals surface area contributed by atoms with E-state index in [-0.39, 0.29) is 5.91 Å². The molecule has 1 aromatic carbocycles. The highest BCUT2D eigenvalue weighted by Gasteiger charge is 2.32. The lowest BCUT2D eigenvalue weighted by Crippen LogP contribution is -2.42. The summed E-state index contributed by atoms with van der Waals surface area (Å²) in [5.74, 6) is -2.32. The minimum Gasteiger partial charge on any atom is -0.550 e. The molecule has 2 unspecified atom stereocenters. The number of benzene rings is 1. The Kier molecular flexibility index (Phi) is 5.07. The molecule has 0 bridgehead atoms. The Balaban J connectivity index is 2.16. The van der Waals surface area contributed by atoms with Crippen molar-refractivity contribution in [2.24, 2.45) is 11.8 Å². The summed E-state index contributed by atoms with van der Waals surface area (Å²) in [4.78, 5) is 23.5. The van der Waals surface area contributed by atoms with E-state index in [2.05, 4.69) is 5.32 Å². The molecule has 21 heavy (non-hydrogen) atoms. The molecule has 5 nitrogen and oxygen atoms in total. The van der Waals surface area contributed by atoms with Crippen LogP contribution in [0.4, 0.5) is 5.69 Å². The first-order chi connectivity index (χ1) is 10.0. The fourth-order valence-corrected chi connectivity index (χ4v) is 2.90. The average Bonchev–Trinajstić information content (AvgIpc) is 2.47. The van der Waals surface area contributed by atoms with Gasteiger partial charge in [0, 0.05) is 22.8 Å². The summed E-state index contributed by atoms with van der Waals surface area (Å²) in [7, 11) is 1.49. The third kappa shape index (κ3) is 3.67. The number of anilines is 1. The van der Waals surface area contributed by atoms with Crippen LogP contribution in [0, 0.1) is 11.8 Å². The SMILES string of the molecule is COc1ccc(Cl)cc1NC(=O)C1CCCCC1C(=O)[O-]. The number of carbonyl (C=O) groups is 2. The monoisotopic (exact) mass is 310 g/mol. The largest absolute Gasteiger partial charge is 0.550 e. The molecule has 1 aliphatic carbocycles. The van der Waals surface area contributed by atoms with Crippen LogP contribution in [0.15, 0.2) is 18.2 Å². The summed E-state index contributed by atoms with van der Waals surface area (Å²) < 4.78 is 5.16. The third-order valence-corrected chi connectivity index (χ3v) is 4.06. The lowest BCUT2D eigenvalue weighted by molar-refractivity contribution is -0.313. The van der Waals surface area contributed by atoms with Crippen LogP contribution in [0.3, 0.4) is 0 Å². The van der Waals surface area contributed by atoms with Gasteiger partial charge in [0.2, 0.25) is 5.91 Å². The number of halogens is 1. The molecule has 0 heterocycles. The predicted octanol–water partition coefficient (Wildman–Crippen LogP) is 1.84. The Bertz CT molecular complexity index is 546. The summed E-state index contributed by atoms with van der Waals surface area (Å²) in [5, 5.41) is 14.3. The molecule has 0 aromatic heterocycles. The van der Waals surface area contributed by atoms with Crippen LogP contribution in [-0.2, 0) is 9.59 Å². The second-order valence-electron chi connectivity index (χ2n) is 5.15. The molecular weight excluding hydrogens is 294 g/mol. The number of carboxylic acid groups (broad SMARTS) is 1. The van der Waals surface area contributed by atoms with Gasteiger partial charge in [-0.2, -0.15) is 0 Å². The molecule has 6 heteroatoms. The lowest BCUT2D eigenvalue weighted by Gasteiger charge is -2.31. The van der Waals surface area contributed by atoms with Crippen LogP contribution < -0.4 is 15.2 Å². The van der Waals surface area contributed by atoms with E-state index in [9.17, 15) is 14.7 Å². The molecule has 1 aromatic rings. The fourth-order valence-electron chi connectivity index (χ4n) is 2.73. The molecule has 1 saturated carbocycles. The van der Waals surface area contributed by atoms with Gasteiger partial charge in [-0.25, -0.2) is 0 Å². The number of carboxylic acids is 1. The molecule has 2 atom stereocenters. The van der Waals surface area contributed by atoms with E-state index in [0.717, 1.165) is 12.8 Å². The molecule has 0 radical (unpaired) electrons. The average molecular weight is 311 g/mol. The van der Waals surface area contributed by atoms with Crippen molar-refractivity contribution in [2.45, 2.75) is 25.7 Å². The zero-order valence-corrected chi connectivity index (χ0v) is 12.5.